The van der Waals surface area contributed by atoms with Crippen LogP contribution < -0.4 is 0 Å². The van der Waals surface area contributed by atoms with Gasteiger partial charge in [-0.3, -0.25) is 19.7 Å². The van der Waals surface area contributed by atoms with E-state index in [1.165, 1.54) is 12.1 Å². The molecular formula is C16H8BrNO4S. The number of carbonyl (C=O) groups is 2. The Morgan fingerprint density at radius 2 is 1.48 bits per heavy atom. The Labute approximate surface area is 143 Å². The first kappa shape index (κ1) is 15.6. The smallest absolute Gasteiger partial charge is 0.269 e. The van der Waals surface area contributed by atoms with Gasteiger partial charge in [-0.1, -0.05) is 36.0 Å². The molecule has 3 rings (SSSR count). The molecule has 0 amide bonds. The summed E-state index contributed by atoms with van der Waals surface area (Å²) >= 11 is 4.31. The number of thioether (sulfide) groups is 1. The number of benzene rings is 2. The Hall–Kier alpha value is -2.25. The summed E-state index contributed by atoms with van der Waals surface area (Å²) in [5.74, 6) is -0.486. The van der Waals surface area contributed by atoms with Crippen molar-refractivity contribution >= 4 is 44.9 Å². The monoisotopic (exact) mass is 389 g/mol. The Morgan fingerprint density at radius 3 is 2.04 bits per heavy atom. The molecule has 0 N–H and O–H groups in total. The van der Waals surface area contributed by atoms with E-state index >= 15 is 0 Å². The topological polar surface area (TPSA) is 77.3 Å². The van der Waals surface area contributed by atoms with Crippen LogP contribution in [0, 0.1) is 10.1 Å². The maximum absolute atomic E-state index is 12.6. The fourth-order valence-corrected chi connectivity index (χ4v) is 3.70. The summed E-state index contributed by atoms with van der Waals surface area (Å²) in [6, 6.07) is 12.5. The summed E-state index contributed by atoms with van der Waals surface area (Å²) in [6.45, 7) is 0. The second-order valence-corrected chi connectivity index (χ2v) is 6.58. The number of halogens is 1. The standard InChI is InChI=1S/C16H8BrNO4S/c17-13-14(19)11-3-1-2-4-12(11)15(20)16(13)23-10-7-5-9(6-8-10)18(21)22/h1-8H. The Balaban J connectivity index is 1.96. The van der Waals surface area contributed by atoms with E-state index in [4.69, 9.17) is 0 Å². The Kier molecular flexibility index (Phi) is 4.14. The lowest BCUT2D eigenvalue weighted by Gasteiger charge is -2.17. The third-order valence-corrected chi connectivity index (χ3v) is 5.41. The Morgan fingerprint density at radius 1 is 0.913 bits per heavy atom. The average molecular weight is 390 g/mol. The number of ketones is 2. The molecule has 0 fully saturated rings. The van der Waals surface area contributed by atoms with Gasteiger partial charge in [0.1, 0.15) is 0 Å². The number of hydrogen-bond acceptors (Lipinski definition) is 5. The number of hydrogen-bond donors (Lipinski definition) is 0. The minimum atomic E-state index is -0.491. The zero-order valence-electron chi connectivity index (χ0n) is 11.5. The molecule has 23 heavy (non-hydrogen) atoms. The number of nitro benzene ring substituents is 1. The van der Waals surface area contributed by atoms with Crippen molar-refractivity contribution in [1.82, 2.24) is 0 Å². The third kappa shape index (κ3) is 2.85. The van der Waals surface area contributed by atoms with Gasteiger partial charge in [0.25, 0.3) is 5.69 Å². The van der Waals surface area contributed by atoms with Gasteiger partial charge < -0.3 is 0 Å². The molecule has 0 saturated carbocycles. The summed E-state index contributed by atoms with van der Waals surface area (Å²) in [5, 5.41) is 10.7. The van der Waals surface area contributed by atoms with Crippen molar-refractivity contribution in [3.8, 4) is 0 Å². The SMILES string of the molecule is O=C1C(Br)=C(Sc2ccc([N+](=O)[O-])cc2)C(=O)c2ccccc21. The van der Waals surface area contributed by atoms with Crippen LogP contribution in [0.4, 0.5) is 5.69 Å². The maximum Gasteiger partial charge on any atom is 0.269 e. The number of nitrogens with zero attached hydrogens (tertiary/aromatic N) is 1. The van der Waals surface area contributed by atoms with E-state index in [2.05, 4.69) is 15.9 Å². The molecule has 0 bridgehead atoms. The summed E-state index contributed by atoms with van der Waals surface area (Å²) < 4.78 is 0.213. The number of allylic oxidation sites excluding steroid dienone is 2. The molecule has 0 radical (unpaired) electrons. The zero-order chi connectivity index (χ0) is 16.6. The highest BCUT2D eigenvalue weighted by atomic mass is 79.9. The molecule has 0 aromatic heterocycles. The number of Topliss-reactive ketones (excluding diaryl/α,β-unsaturated/α-hetero) is 2. The molecule has 114 valence electrons. The molecule has 0 spiro atoms. The average Bonchev–Trinajstić information content (AvgIpc) is 2.57. The molecule has 0 atom stereocenters. The van der Waals surface area contributed by atoms with Crippen LogP contribution in [-0.2, 0) is 0 Å². The van der Waals surface area contributed by atoms with Crippen LogP contribution in [-0.4, -0.2) is 16.5 Å². The molecule has 7 heteroatoms. The summed E-state index contributed by atoms with van der Waals surface area (Å²) in [5.41, 5.74) is 0.710. The van der Waals surface area contributed by atoms with Gasteiger partial charge in [0.05, 0.1) is 14.3 Å². The highest BCUT2D eigenvalue weighted by Gasteiger charge is 2.31. The van der Waals surface area contributed by atoms with Gasteiger partial charge in [-0.15, -0.1) is 0 Å². The second kappa shape index (κ2) is 6.10. The number of rotatable bonds is 3. The van der Waals surface area contributed by atoms with E-state index in [1.807, 2.05) is 0 Å². The van der Waals surface area contributed by atoms with Crippen LogP contribution in [0.3, 0.4) is 0 Å². The van der Waals surface area contributed by atoms with E-state index in [9.17, 15) is 19.7 Å². The minimum absolute atomic E-state index is 0.0289. The summed E-state index contributed by atoms with van der Waals surface area (Å²) in [7, 11) is 0. The van der Waals surface area contributed by atoms with Gasteiger partial charge in [0.2, 0.25) is 11.6 Å². The summed E-state index contributed by atoms with van der Waals surface area (Å²) in [6.07, 6.45) is 0. The van der Waals surface area contributed by atoms with Gasteiger partial charge in [-0.05, 0) is 28.1 Å². The van der Waals surface area contributed by atoms with Crippen molar-refractivity contribution in [1.29, 1.82) is 0 Å². The predicted octanol–water partition coefficient (Wildman–Crippen LogP) is 4.37. The van der Waals surface area contributed by atoms with Crippen LogP contribution in [0.5, 0.6) is 0 Å². The Bertz CT molecular complexity index is 874. The molecule has 2 aromatic rings. The van der Waals surface area contributed by atoms with Crippen LogP contribution in [0.25, 0.3) is 0 Å². The normalized spacial score (nSPS) is 14.0. The lowest BCUT2D eigenvalue weighted by Crippen LogP contribution is -2.18. The first-order chi connectivity index (χ1) is 11.0. The van der Waals surface area contributed by atoms with Gasteiger partial charge in [0.15, 0.2) is 0 Å². The molecule has 1 aliphatic rings. The van der Waals surface area contributed by atoms with Crippen molar-refractivity contribution in [3.63, 3.8) is 0 Å². The molecule has 1 aliphatic carbocycles. The van der Waals surface area contributed by atoms with Gasteiger partial charge in [-0.25, -0.2) is 0 Å². The first-order valence-electron chi connectivity index (χ1n) is 6.49. The van der Waals surface area contributed by atoms with Gasteiger partial charge in [-0.2, -0.15) is 0 Å². The number of non-ortho nitro benzene ring substituents is 1. The van der Waals surface area contributed by atoms with Crippen molar-refractivity contribution in [2.45, 2.75) is 4.90 Å². The van der Waals surface area contributed by atoms with Gasteiger partial charge in [0, 0.05) is 28.2 Å². The van der Waals surface area contributed by atoms with E-state index in [1.54, 1.807) is 36.4 Å². The lowest BCUT2D eigenvalue weighted by molar-refractivity contribution is -0.384. The molecule has 0 heterocycles. The van der Waals surface area contributed by atoms with E-state index in [0.717, 1.165) is 11.8 Å². The molecule has 0 aliphatic heterocycles. The predicted molar refractivity (Wildman–Crippen MR) is 90.0 cm³/mol. The molecule has 0 saturated heterocycles. The number of fused-ring (bicyclic) bond motifs is 1. The number of carbonyl (C=O) groups excluding carboxylic acids is 2. The number of nitro groups is 1. The van der Waals surface area contributed by atoms with Gasteiger partial charge >= 0.3 is 0 Å². The summed E-state index contributed by atoms with van der Waals surface area (Å²) in [4.78, 5) is 36.0. The highest BCUT2D eigenvalue weighted by molar-refractivity contribution is 9.12. The quantitative estimate of drug-likeness (QED) is 0.575. The van der Waals surface area contributed by atoms with Crippen molar-refractivity contribution < 1.29 is 14.5 Å². The maximum atomic E-state index is 12.6. The van der Waals surface area contributed by atoms with Crippen LogP contribution in [0.1, 0.15) is 20.7 Å². The zero-order valence-corrected chi connectivity index (χ0v) is 13.9. The van der Waals surface area contributed by atoms with Crippen LogP contribution >= 0.6 is 27.7 Å². The lowest BCUT2D eigenvalue weighted by atomic mass is 9.95. The van der Waals surface area contributed by atoms with E-state index in [0.29, 0.717) is 16.0 Å². The van der Waals surface area contributed by atoms with Crippen molar-refractivity contribution in [3.05, 3.63) is 79.2 Å². The fourth-order valence-electron chi connectivity index (χ4n) is 2.17. The highest BCUT2D eigenvalue weighted by Crippen LogP contribution is 2.39. The van der Waals surface area contributed by atoms with Crippen molar-refractivity contribution in [2.24, 2.45) is 0 Å². The fraction of sp³-hybridized carbons (Fsp3) is 0. The second-order valence-electron chi connectivity index (χ2n) is 4.70. The molecule has 5 nitrogen and oxygen atoms in total. The largest absolute Gasteiger partial charge is 0.288 e. The van der Waals surface area contributed by atoms with E-state index in [-0.39, 0.29) is 26.6 Å². The minimum Gasteiger partial charge on any atom is -0.288 e. The molecule has 2 aromatic carbocycles. The molecule has 0 unspecified atom stereocenters. The first-order valence-corrected chi connectivity index (χ1v) is 8.10. The van der Waals surface area contributed by atoms with E-state index < -0.39 is 4.92 Å². The molecular weight excluding hydrogens is 382 g/mol. The van der Waals surface area contributed by atoms with Crippen LogP contribution in [0.2, 0.25) is 0 Å². The van der Waals surface area contributed by atoms with Crippen LogP contribution in [0.15, 0.2) is 62.8 Å². The van der Waals surface area contributed by atoms with Crippen molar-refractivity contribution in [2.75, 3.05) is 0 Å². The third-order valence-electron chi connectivity index (χ3n) is 3.29.